The van der Waals surface area contributed by atoms with Crippen LogP contribution >= 0.6 is 0 Å². The van der Waals surface area contributed by atoms with Crippen molar-refractivity contribution in [3.63, 3.8) is 0 Å². The van der Waals surface area contributed by atoms with Gasteiger partial charge in [-0.1, -0.05) is 18.2 Å². The summed E-state index contributed by atoms with van der Waals surface area (Å²) in [6.07, 6.45) is 10.0. The van der Waals surface area contributed by atoms with Gasteiger partial charge in [-0.2, -0.15) is 0 Å². The van der Waals surface area contributed by atoms with Crippen molar-refractivity contribution >= 4 is 6.20 Å². The molecule has 0 spiro atoms. The number of hydrazine groups is 1. The number of allylic oxidation sites excluding steroid dienone is 1. The maximum absolute atomic E-state index is 4.70. The molecule has 4 rings (SSSR count). The summed E-state index contributed by atoms with van der Waals surface area (Å²) in [5.41, 5.74) is 4.19. The summed E-state index contributed by atoms with van der Waals surface area (Å²) in [5, 5.41) is 4.11. The average molecular weight is 222 g/mol. The zero-order chi connectivity index (χ0) is 11.2. The number of nitrogens with one attached hydrogen (secondary N) is 1. The summed E-state index contributed by atoms with van der Waals surface area (Å²) >= 11 is 0. The van der Waals surface area contributed by atoms with Gasteiger partial charge in [0.1, 0.15) is 5.70 Å². The summed E-state index contributed by atoms with van der Waals surface area (Å²) in [4.78, 5) is 6.75. The Morgan fingerprint density at radius 3 is 3.06 bits per heavy atom. The minimum Gasteiger partial charge on any atom is -0.305 e. The van der Waals surface area contributed by atoms with Crippen molar-refractivity contribution < 1.29 is 0 Å². The molecule has 1 aromatic rings. The van der Waals surface area contributed by atoms with Crippen molar-refractivity contribution in [2.45, 2.75) is 0 Å². The van der Waals surface area contributed by atoms with E-state index in [2.05, 4.69) is 17.7 Å². The first kappa shape index (κ1) is 8.64. The van der Waals surface area contributed by atoms with Crippen LogP contribution in [0.5, 0.6) is 0 Å². The van der Waals surface area contributed by atoms with Crippen molar-refractivity contribution in [2.75, 3.05) is 0 Å². The molecule has 4 nitrogen and oxygen atoms in total. The minimum absolute atomic E-state index is 0.951. The third kappa shape index (κ3) is 1.15. The lowest BCUT2D eigenvalue weighted by atomic mass is 10.2. The smallest absolute Gasteiger partial charge is 0.163 e. The van der Waals surface area contributed by atoms with Crippen LogP contribution in [-0.2, 0) is 0 Å². The summed E-state index contributed by atoms with van der Waals surface area (Å²) in [5.74, 6) is 0.951. The van der Waals surface area contributed by atoms with E-state index in [1.165, 1.54) is 0 Å². The van der Waals surface area contributed by atoms with E-state index in [1.54, 1.807) is 0 Å². The van der Waals surface area contributed by atoms with E-state index < -0.39 is 0 Å². The number of benzene rings is 1. The van der Waals surface area contributed by atoms with Gasteiger partial charge >= 0.3 is 0 Å². The Bertz CT molecular complexity index is 696. The van der Waals surface area contributed by atoms with Gasteiger partial charge in [0, 0.05) is 30.0 Å². The van der Waals surface area contributed by atoms with E-state index in [1.807, 2.05) is 52.8 Å². The molecule has 0 unspecified atom stereocenters. The van der Waals surface area contributed by atoms with Crippen LogP contribution in [0, 0.1) is 0 Å². The Morgan fingerprint density at radius 2 is 2.06 bits per heavy atom. The first-order valence-electron chi connectivity index (χ1n) is 5.50. The van der Waals surface area contributed by atoms with E-state index in [0.29, 0.717) is 0 Å². The number of nitrogens with zero attached hydrogens (tertiary/aromatic N) is 3. The highest BCUT2D eigenvalue weighted by molar-refractivity contribution is 5.41. The number of rotatable bonds is 0. The molecule has 3 aliphatic rings. The number of fused-ring (bicyclic) bond motifs is 3. The van der Waals surface area contributed by atoms with Crippen LogP contribution in [0.1, 0.15) is 0 Å². The highest BCUT2D eigenvalue weighted by Gasteiger charge is 2.22. The predicted molar refractivity (Wildman–Crippen MR) is 63.8 cm³/mol. The molecular formula is C13H10N4. The van der Waals surface area contributed by atoms with E-state index in [9.17, 15) is 0 Å². The van der Waals surface area contributed by atoms with Crippen molar-refractivity contribution in [1.29, 1.82) is 0 Å². The first-order valence-corrected chi connectivity index (χ1v) is 5.50. The Morgan fingerprint density at radius 1 is 1.12 bits per heavy atom. The number of para-hydroxylation sites is 1. The fourth-order valence-corrected chi connectivity index (χ4v) is 2.17. The van der Waals surface area contributed by atoms with Crippen LogP contribution in [0.4, 0.5) is 0 Å². The van der Waals surface area contributed by atoms with Crippen LogP contribution in [0.2, 0.25) is 0 Å². The minimum atomic E-state index is 0.951. The largest absolute Gasteiger partial charge is 0.305 e. The molecule has 82 valence electrons. The lowest BCUT2D eigenvalue weighted by Crippen LogP contribution is -2.37. The number of hydrogen-bond acceptors (Lipinski definition) is 4. The van der Waals surface area contributed by atoms with E-state index >= 15 is 0 Å². The summed E-state index contributed by atoms with van der Waals surface area (Å²) in [6, 6.07) is 8.14. The molecule has 0 atom stereocenters. The fourth-order valence-electron chi connectivity index (χ4n) is 2.17. The zero-order valence-corrected chi connectivity index (χ0v) is 9.04. The van der Waals surface area contributed by atoms with Crippen molar-refractivity contribution in [1.82, 2.24) is 15.3 Å². The first-order chi connectivity index (χ1) is 8.42. The van der Waals surface area contributed by atoms with Crippen molar-refractivity contribution in [2.24, 2.45) is 4.99 Å². The molecule has 4 heteroatoms. The summed E-state index contributed by atoms with van der Waals surface area (Å²) in [6.45, 7) is 0. The predicted octanol–water partition coefficient (Wildman–Crippen LogP) is 0.348. The molecule has 3 heterocycles. The molecule has 1 N–H and O–H groups in total. The molecule has 0 aromatic heterocycles. The molecule has 0 saturated heterocycles. The third-order valence-electron chi connectivity index (χ3n) is 3.01. The van der Waals surface area contributed by atoms with Crippen LogP contribution in [0.15, 0.2) is 65.5 Å². The van der Waals surface area contributed by atoms with Gasteiger partial charge in [0.05, 0.1) is 5.36 Å². The molecule has 3 aliphatic heterocycles. The molecule has 0 aliphatic carbocycles. The molecule has 0 saturated carbocycles. The highest BCUT2D eigenvalue weighted by atomic mass is 15.5. The van der Waals surface area contributed by atoms with Gasteiger partial charge in [0.15, 0.2) is 5.82 Å². The standard InChI is InChI=1S/C13H10N4/c1-2-4-11-10(3-1)9-16-7-8-17-12(5-6-14-17)13(16)15-11/h1-9,14H. The van der Waals surface area contributed by atoms with Gasteiger partial charge < -0.3 is 10.3 Å². The maximum Gasteiger partial charge on any atom is 0.163 e. The fraction of sp³-hybridized carbons (Fsp3) is 0. The number of hydrogen-bond donors (Lipinski definition) is 1. The average Bonchev–Trinajstić information content (AvgIpc) is 2.85. The van der Waals surface area contributed by atoms with Crippen LogP contribution in [-0.4, -0.2) is 9.91 Å². The van der Waals surface area contributed by atoms with Gasteiger partial charge in [0.25, 0.3) is 0 Å². The van der Waals surface area contributed by atoms with E-state index in [-0.39, 0.29) is 0 Å². The summed E-state index contributed by atoms with van der Waals surface area (Å²) in [7, 11) is 0. The van der Waals surface area contributed by atoms with E-state index in [4.69, 9.17) is 4.99 Å². The molecule has 17 heavy (non-hydrogen) atoms. The lowest BCUT2D eigenvalue weighted by Gasteiger charge is -2.28. The molecule has 0 radical (unpaired) electrons. The van der Waals surface area contributed by atoms with Gasteiger partial charge in [-0.15, -0.1) is 0 Å². The Labute approximate surface area is 98.1 Å². The molecule has 0 amide bonds. The van der Waals surface area contributed by atoms with E-state index in [0.717, 1.165) is 22.1 Å². The Hall–Kier alpha value is -2.49. The van der Waals surface area contributed by atoms with Gasteiger partial charge in [-0.05, 0) is 12.1 Å². The van der Waals surface area contributed by atoms with Crippen LogP contribution in [0.3, 0.4) is 0 Å². The summed E-state index contributed by atoms with van der Waals surface area (Å²) < 4.78 is 0. The molecule has 0 fully saturated rings. The van der Waals surface area contributed by atoms with Gasteiger partial charge in [-0.3, -0.25) is 5.01 Å². The van der Waals surface area contributed by atoms with Gasteiger partial charge in [-0.25, -0.2) is 4.99 Å². The monoisotopic (exact) mass is 222 g/mol. The van der Waals surface area contributed by atoms with Crippen molar-refractivity contribution in [3.8, 4) is 0 Å². The second-order valence-corrected chi connectivity index (χ2v) is 4.05. The SMILES string of the molecule is C1=CC2=C3N=c4ccccc4=CN3C=CN2N1. The highest BCUT2D eigenvalue weighted by Crippen LogP contribution is 2.25. The molecular weight excluding hydrogens is 212 g/mol. The molecule has 0 bridgehead atoms. The lowest BCUT2D eigenvalue weighted by molar-refractivity contribution is 0.389. The maximum atomic E-state index is 4.70. The Balaban J connectivity index is 2.03. The molecule has 1 aromatic carbocycles. The van der Waals surface area contributed by atoms with Crippen LogP contribution < -0.4 is 16.0 Å². The second kappa shape index (κ2) is 3.01. The zero-order valence-electron chi connectivity index (χ0n) is 9.04. The second-order valence-electron chi connectivity index (χ2n) is 4.05. The van der Waals surface area contributed by atoms with Crippen molar-refractivity contribution in [3.05, 3.63) is 71.0 Å². The van der Waals surface area contributed by atoms with Crippen LogP contribution in [0.25, 0.3) is 6.20 Å². The normalized spacial score (nSPS) is 19.1. The quantitative estimate of drug-likeness (QED) is 0.687. The topological polar surface area (TPSA) is 30.9 Å². The Kier molecular flexibility index (Phi) is 1.53. The van der Waals surface area contributed by atoms with Gasteiger partial charge in [0.2, 0.25) is 0 Å². The third-order valence-corrected chi connectivity index (χ3v) is 3.01.